The number of aryl methyl sites for hydroxylation is 1. The lowest BCUT2D eigenvalue weighted by atomic mass is 9.98. The largest absolute Gasteiger partial charge is 0.505 e. The zero-order valence-corrected chi connectivity index (χ0v) is 17.1. The maximum absolute atomic E-state index is 13.3. The number of phenolic OH excluding ortho intramolecular Hbond substituents is 1. The summed E-state index contributed by atoms with van der Waals surface area (Å²) in [4.78, 5) is 23.2. The molecule has 168 valence electrons. The molecule has 0 radical (unpaired) electrons. The van der Waals surface area contributed by atoms with Crippen LogP contribution in [0.25, 0.3) is 10.9 Å². The molecule has 4 rings (SSSR count). The summed E-state index contributed by atoms with van der Waals surface area (Å²) in [7, 11) is 0. The molecule has 4 aromatic rings. The quantitative estimate of drug-likeness (QED) is 0.310. The van der Waals surface area contributed by atoms with Crippen LogP contribution in [0.2, 0.25) is 0 Å². The highest BCUT2D eigenvalue weighted by molar-refractivity contribution is 5.93. The highest BCUT2D eigenvalue weighted by Crippen LogP contribution is 2.38. The van der Waals surface area contributed by atoms with Gasteiger partial charge in [-0.3, -0.25) is 15.1 Å². The minimum absolute atomic E-state index is 0.0325. The number of rotatable bonds is 5. The Hall–Kier alpha value is -4.28. The number of halogens is 3. The van der Waals surface area contributed by atoms with Crippen LogP contribution in [0.1, 0.15) is 22.4 Å². The number of hydrogen-bond donors (Lipinski definition) is 2. The number of phenols is 1. The third-order valence-electron chi connectivity index (χ3n) is 4.98. The maximum atomic E-state index is 13.3. The fourth-order valence-electron chi connectivity index (χ4n) is 3.41. The molecule has 0 aliphatic carbocycles. The molecule has 2 heterocycles. The molecular weight excluding hydrogens is 439 g/mol. The molecule has 2 N–H and O–H groups in total. The van der Waals surface area contributed by atoms with Crippen LogP contribution in [-0.4, -0.2) is 25.0 Å². The summed E-state index contributed by atoms with van der Waals surface area (Å²) in [6.45, 7) is 1.71. The third kappa shape index (κ3) is 4.52. The Morgan fingerprint density at radius 1 is 1.09 bits per heavy atom. The second kappa shape index (κ2) is 8.34. The summed E-state index contributed by atoms with van der Waals surface area (Å²) < 4.78 is 40.0. The summed E-state index contributed by atoms with van der Waals surface area (Å²) in [6.07, 6.45) is -1.85. The molecule has 0 saturated heterocycles. The van der Waals surface area contributed by atoms with Crippen molar-refractivity contribution in [2.45, 2.75) is 19.5 Å². The zero-order chi connectivity index (χ0) is 23.8. The van der Waals surface area contributed by atoms with Crippen molar-refractivity contribution in [3.8, 4) is 5.75 Å². The molecule has 0 amide bonds. The lowest BCUT2D eigenvalue weighted by Gasteiger charge is -2.16. The summed E-state index contributed by atoms with van der Waals surface area (Å²) >= 11 is 0. The van der Waals surface area contributed by atoms with Gasteiger partial charge in [-0.15, -0.1) is 0 Å². The normalized spacial score (nSPS) is 11.5. The Morgan fingerprint density at radius 2 is 1.88 bits per heavy atom. The first kappa shape index (κ1) is 21.9. The number of benzene rings is 2. The van der Waals surface area contributed by atoms with Gasteiger partial charge in [-0.05, 0) is 42.8 Å². The van der Waals surface area contributed by atoms with Crippen molar-refractivity contribution in [1.29, 1.82) is 0 Å². The number of nitro benzene ring substituents is 1. The van der Waals surface area contributed by atoms with E-state index in [4.69, 9.17) is 0 Å². The standard InChI is InChI=1S/C22H16F3N5O3/c1-12-6-8-27-21(28-12)29-17-11-15(22(23,24)25)5-4-13(17)9-14-10-18(30(32)33)16-3-2-7-26-19(16)20(14)31/h2-8,10-11,31H,9H2,1H3,(H,27,28,29). The van der Waals surface area contributed by atoms with E-state index >= 15 is 0 Å². The lowest BCUT2D eigenvalue weighted by Crippen LogP contribution is -2.08. The molecule has 0 fully saturated rings. The molecule has 0 aliphatic heterocycles. The van der Waals surface area contributed by atoms with E-state index in [0.29, 0.717) is 11.3 Å². The fourth-order valence-corrected chi connectivity index (χ4v) is 3.41. The van der Waals surface area contributed by atoms with Crippen LogP contribution in [0, 0.1) is 17.0 Å². The average molecular weight is 455 g/mol. The van der Waals surface area contributed by atoms with Gasteiger partial charge in [0.25, 0.3) is 5.69 Å². The lowest BCUT2D eigenvalue weighted by molar-refractivity contribution is -0.383. The number of aromatic nitrogens is 3. The van der Waals surface area contributed by atoms with E-state index in [-0.39, 0.29) is 46.0 Å². The van der Waals surface area contributed by atoms with Gasteiger partial charge in [0.1, 0.15) is 11.3 Å². The van der Waals surface area contributed by atoms with Crippen LogP contribution >= 0.6 is 0 Å². The Labute approximate surface area is 184 Å². The highest BCUT2D eigenvalue weighted by atomic mass is 19.4. The van der Waals surface area contributed by atoms with Gasteiger partial charge in [0, 0.05) is 41.8 Å². The van der Waals surface area contributed by atoms with Gasteiger partial charge in [-0.25, -0.2) is 9.97 Å². The molecule has 0 unspecified atom stereocenters. The van der Waals surface area contributed by atoms with Gasteiger partial charge < -0.3 is 10.4 Å². The summed E-state index contributed by atoms with van der Waals surface area (Å²) in [6, 6.07) is 8.86. The molecule has 0 aliphatic rings. The third-order valence-corrected chi connectivity index (χ3v) is 4.98. The van der Waals surface area contributed by atoms with Crippen LogP contribution in [0.15, 0.2) is 54.9 Å². The zero-order valence-electron chi connectivity index (χ0n) is 17.1. The summed E-state index contributed by atoms with van der Waals surface area (Å²) in [5.74, 6) is -0.195. The molecular formula is C22H16F3N5O3. The topological polar surface area (TPSA) is 114 Å². The van der Waals surface area contributed by atoms with Crippen molar-refractivity contribution in [2.75, 3.05) is 5.32 Å². The van der Waals surface area contributed by atoms with Crippen molar-refractivity contribution < 1.29 is 23.2 Å². The summed E-state index contributed by atoms with van der Waals surface area (Å²) in [5, 5.41) is 25.2. The predicted octanol–water partition coefficient (Wildman–Crippen LogP) is 5.30. The molecule has 2 aromatic heterocycles. The van der Waals surface area contributed by atoms with E-state index in [2.05, 4.69) is 20.3 Å². The summed E-state index contributed by atoms with van der Waals surface area (Å²) in [5.41, 5.74) is 0.0126. The van der Waals surface area contributed by atoms with E-state index in [0.717, 1.165) is 12.1 Å². The van der Waals surface area contributed by atoms with Crippen molar-refractivity contribution in [3.63, 3.8) is 0 Å². The Bertz CT molecular complexity index is 1380. The number of hydrogen-bond acceptors (Lipinski definition) is 7. The molecule has 8 nitrogen and oxygen atoms in total. The number of alkyl halides is 3. The Balaban J connectivity index is 1.83. The number of pyridine rings is 1. The van der Waals surface area contributed by atoms with Crippen molar-refractivity contribution >= 4 is 28.2 Å². The highest BCUT2D eigenvalue weighted by Gasteiger charge is 2.31. The first-order valence-corrected chi connectivity index (χ1v) is 9.64. The van der Waals surface area contributed by atoms with E-state index in [9.17, 15) is 28.4 Å². The van der Waals surface area contributed by atoms with Crippen molar-refractivity contribution in [3.05, 3.63) is 87.4 Å². The van der Waals surface area contributed by atoms with Gasteiger partial charge in [0.15, 0.2) is 0 Å². The number of fused-ring (bicyclic) bond motifs is 1. The van der Waals surface area contributed by atoms with Gasteiger partial charge in [-0.1, -0.05) is 6.07 Å². The molecule has 0 bridgehead atoms. The smallest absolute Gasteiger partial charge is 0.416 e. The van der Waals surface area contributed by atoms with Gasteiger partial charge >= 0.3 is 6.18 Å². The van der Waals surface area contributed by atoms with Crippen LogP contribution < -0.4 is 5.32 Å². The molecule has 0 spiro atoms. The first-order chi connectivity index (χ1) is 15.6. The van der Waals surface area contributed by atoms with Gasteiger partial charge in [0.2, 0.25) is 5.95 Å². The minimum atomic E-state index is -4.59. The number of nitrogens with one attached hydrogen (secondary N) is 1. The molecule has 0 atom stereocenters. The number of nitro groups is 1. The number of anilines is 2. The molecule has 33 heavy (non-hydrogen) atoms. The van der Waals surface area contributed by atoms with Crippen molar-refractivity contribution in [2.24, 2.45) is 0 Å². The molecule has 0 saturated carbocycles. The Kier molecular flexibility index (Phi) is 5.54. The molecule has 11 heteroatoms. The monoisotopic (exact) mass is 455 g/mol. The number of nitrogens with zero attached hydrogens (tertiary/aromatic N) is 4. The van der Waals surface area contributed by atoms with E-state index < -0.39 is 16.7 Å². The van der Waals surface area contributed by atoms with E-state index in [1.54, 1.807) is 13.0 Å². The van der Waals surface area contributed by atoms with Crippen LogP contribution in [0.5, 0.6) is 5.75 Å². The SMILES string of the molecule is Cc1ccnc(Nc2cc(C(F)(F)F)ccc2Cc2cc([N+](=O)[O-])c3cccnc3c2O)n1. The van der Waals surface area contributed by atoms with E-state index in [1.807, 2.05) is 0 Å². The van der Waals surface area contributed by atoms with Crippen LogP contribution in [0.3, 0.4) is 0 Å². The van der Waals surface area contributed by atoms with Crippen molar-refractivity contribution in [1.82, 2.24) is 15.0 Å². The maximum Gasteiger partial charge on any atom is 0.416 e. The Morgan fingerprint density at radius 3 is 2.58 bits per heavy atom. The first-order valence-electron chi connectivity index (χ1n) is 9.64. The van der Waals surface area contributed by atoms with Gasteiger partial charge in [0.05, 0.1) is 15.9 Å². The second-order valence-corrected chi connectivity index (χ2v) is 7.25. The predicted molar refractivity (Wildman–Crippen MR) is 114 cm³/mol. The van der Waals surface area contributed by atoms with Crippen LogP contribution in [-0.2, 0) is 12.6 Å². The minimum Gasteiger partial charge on any atom is -0.505 e. The van der Waals surface area contributed by atoms with E-state index in [1.165, 1.54) is 36.7 Å². The molecule has 2 aromatic carbocycles. The number of aromatic hydroxyl groups is 1. The average Bonchev–Trinajstić information content (AvgIpc) is 2.76. The van der Waals surface area contributed by atoms with Crippen LogP contribution in [0.4, 0.5) is 30.5 Å². The number of non-ortho nitro benzene ring substituents is 1. The second-order valence-electron chi connectivity index (χ2n) is 7.25. The fraction of sp³-hybridized carbons (Fsp3) is 0.136. The van der Waals surface area contributed by atoms with Gasteiger partial charge in [-0.2, -0.15) is 13.2 Å².